The van der Waals surface area contributed by atoms with Crippen LogP contribution in [-0.4, -0.2) is 46.9 Å². The van der Waals surface area contributed by atoms with Crippen molar-refractivity contribution in [2.45, 2.75) is 18.2 Å². The van der Waals surface area contributed by atoms with E-state index in [-0.39, 0.29) is 11.4 Å². The van der Waals surface area contributed by atoms with Crippen LogP contribution < -0.4 is 15.4 Å². The molecule has 1 aromatic rings. The van der Waals surface area contributed by atoms with Gasteiger partial charge in [-0.15, -0.1) is 0 Å². The van der Waals surface area contributed by atoms with Gasteiger partial charge in [0.05, 0.1) is 4.90 Å². The van der Waals surface area contributed by atoms with Gasteiger partial charge in [0.2, 0.25) is 10.0 Å². The summed E-state index contributed by atoms with van der Waals surface area (Å²) in [5.41, 5.74) is 1.02. The van der Waals surface area contributed by atoms with Gasteiger partial charge in [0, 0.05) is 33.4 Å². The molecule has 1 rings (SSSR count). The standard InChI is InChI=1S/C14H23N3O3S2/c1-12-4-6-13(7-5-12)22(18,19)17-10-9-16-14(21)15-8-3-11-20-2/h4-7,17H,3,8-11H2,1-2H3,(H2,15,16,21). The van der Waals surface area contributed by atoms with E-state index in [1.807, 2.05) is 6.92 Å². The lowest BCUT2D eigenvalue weighted by molar-refractivity contribution is 0.195. The predicted octanol–water partition coefficient (Wildman–Crippen LogP) is 0.774. The Bertz CT molecular complexity index is 559. The van der Waals surface area contributed by atoms with Crippen molar-refractivity contribution >= 4 is 27.4 Å². The lowest BCUT2D eigenvalue weighted by Gasteiger charge is -2.11. The molecule has 0 spiro atoms. The van der Waals surface area contributed by atoms with E-state index >= 15 is 0 Å². The molecule has 0 atom stereocenters. The van der Waals surface area contributed by atoms with Crippen molar-refractivity contribution in [3.05, 3.63) is 29.8 Å². The first-order valence-electron chi connectivity index (χ1n) is 7.02. The number of nitrogens with one attached hydrogen (secondary N) is 3. The highest BCUT2D eigenvalue weighted by Crippen LogP contribution is 2.09. The summed E-state index contributed by atoms with van der Waals surface area (Å²) < 4.78 is 31.5. The number of hydrogen-bond donors (Lipinski definition) is 3. The van der Waals surface area contributed by atoms with Crippen LogP contribution in [0.15, 0.2) is 29.2 Å². The summed E-state index contributed by atoms with van der Waals surface area (Å²) >= 11 is 5.08. The summed E-state index contributed by atoms with van der Waals surface area (Å²) in [5, 5.41) is 6.47. The van der Waals surface area contributed by atoms with E-state index in [2.05, 4.69) is 15.4 Å². The molecule has 8 heteroatoms. The largest absolute Gasteiger partial charge is 0.385 e. The number of thiocarbonyl (C=S) groups is 1. The molecular weight excluding hydrogens is 322 g/mol. The Morgan fingerprint density at radius 1 is 1.14 bits per heavy atom. The van der Waals surface area contributed by atoms with Gasteiger partial charge >= 0.3 is 0 Å². The van der Waals surface area contributed by atoms with Crippen LogP contribution in [0.1, 0.15) is 12.0 Å². The summed E-state index contributed by atoms with van der Waals surface area (Å²) in [7, 11) is -1.82. The number of hydrogen-bond acceptors (Lipinski definition) is 4. The Morgan fingerprint density at radius 2 is 1.77 bits per heavy atom. The number of benzene rings is 1. The Kier molecular flexibility index (Phi) is 8.32. The maximum Gasteiger partial charge on any atom is 0.240 e. The number of ether oxygens (including phenoxy) is 1. The normalized spacial score (nSPS) is 11.2. The predicted molar refractivity (Wildman–Crippen MR) is 91.5 cm³/mol. The Morgan fingerprint density at radius 3 is 2.41 bits per heavy atom. The van der Waals surface area contributed by atoms with Gasteiger partial charge in [-0.05, 0) is 37.7 Å². The summed E-state index contributed by atoms with van der Waals surface area (Å²) in [6, 6.07) is 6.72. The zero-order chi connectivity index (χ0) is 16.4. The van der Waals surface area contributed by atoms with Crippen LogP contribution >= 0.6 is 12.2 Å². The Balaban J connectivity index is 2.26. The third kappa shape index (κ3) is 7.17. The maximum absolute atomic E-state index is 12.0. The zero-order valence-electron chi connectivity index (χ0n) is 12.9. The molecule has 124 valence electrons. The van der Waals surface area contributed by atoms with Crippen molar-refractivity contribution in [3.63, 3.8) is 0 Å². The van der Waals surface area contributed by atoms with Crippen molar-refractivity contribution < 1.29 is 13.2 Å². The SMILES string of the molecule is COCCCNC(=S)NCCNS(=O)(=O)c1ccc(C)cc1. The van der Waals surface area contributed by atoms with Gasteiger partial charge in [0.1, 0.15) is 0 Å². The minimum absolute atomic E-state index is 0.260. The van der Waals surface area contributed by atoms with Crippen LogP contribution in [0.25, 0.3) is 0 Å². The number of sulfonamides is 1. The van der Waals surface area contributed by atoms with Crippen LogP contribution in [0.3, 0.4) is 0 Å². The molecule has 0 heterocycles. The molecule has 0 radical (unpaired) electrons. The Hall–Kier alpha value is -1.22. The van der Waals surface area contributed by atoms with Crippen molar-refractivity contribution in [2.24, 2.45) is 0 Å². The molecule has 0 aliphatic heterocycles. The molecule has 0 saturated heterocycles. The van der Waals surface area contributed by atoms with Crippen LogP contribution in [0.5, 0.6) is 0 Å². The number of aryl methyl sites for hydroxylation is 1. The summed E-state index contributed by atoms with van der Waals surface area (Å²) in [6.45, 7) is 3.98. The Labute approximate surface area is 137 Å². The molecule has 0 unspecified atom stereocenters. The van der Waals surface area contributed by atoms with E-state index < -0.39 is 10.0 Å². The van der Waals surface area contributed by atoms with Gasteiger partial charge < -0.3 is 15.4 Å². The minimum atomic E-state index is -3.47. The molecule has 0 bridgehead atoms. The molecule has 6 nitrogen and oxygen atoms in total. The van der Waals surface area contributed by atoms with Crippen molar-refractivity contribution in [1.82, 2.24) is 15.4 Å². The van der Waals surface area contributed by atoms with Crippen LogP contribution in [0.4, 0.5) is 0 Å². The highest BCUT2D eigenvalue weighted by atomic mass is 32.2. The van der Waals surface area contributed by atoms with Gasteiger partial charge in [-0.2, -0.15) is 0 Å². The van der Waals surface area contributed by atoms with E-state index in [1.54, 1.807) is 31.4 Å². The van der Waals surface area contributed by atoms with Crippen molar-refractivity contribution in [3.8, 4) is 0 Å². The average molecular weight is 345 g/mol. The topological polar surface area (TPSA) is 79.5 Å². The fraction of sp³-hybridized carbons (Fsp3) is 0.500. The molecule has 0 aromatic heterocycles. The first kappa shape index (κ1) is 18.8. The fourth-order valence-electron chi connectivity index (χ4n) is 1.64. The first-order chi connectivity index (χ1) is 10.5. The van der Waals surface area contributed by atoms with Gasteiger partial charge in [-0.1, -0.05) is 17.7 Å². The number of rotatable bonds is 9. The van der Waals surface area contributed by atoms with Crippen molar-refractivity contribution in [2.75, 3.05) is 33.4 Å². The highest BCUT2D eigenvalue weighted by molar-refractivity contribution is 7.89. The smallest absolute Gasteiger partial charge is 0.240 e. The first-order valence-corrected chi connectivity index (χ1v) is 8.92. The minimum Gasteiger partial charge on any atom is -0.385 e. The zero-order valence-corrected chi connectivity index (χ0v) is 14.5. The molecule has 0 fully saturated rings. The third-order valence-corrected chi connectivity index (χ3v) is 4.61. The molecule has 0 amide bonds. The van der Waals surface area contributed by atoms with E-state index in [1.165, 1.54) is 0 Å². The number of methoxy groups -OCH3 is 1. The average Bonchev–Trinajstić information content (AvgIpc) is 2.49. The van der Waals surface area contributed by atoms with Crippen molar-refractivity contribution in [1.29, 1.82) is 0 Å². The summed E-state index contributed by atoms with van der Waals surface area (Å²) in [5.74, 6) is 0. The molecule has 0 aliphatic carbocycles. The molecule has 0 saturated carbocycles. The van der Waals surface area contributed by atoms with Crippen LogP contribution in [-0.2, 0) is 14.8 Å². The fourth-order valence-corrected chi connectivity index (χ4v) is 2.88. The van der Waals surface area contributed by atoms with E-state index in [0.29, 0.717) is 18.3 Å². The quantitative estimate of drug-likeness (QED) is 0.453. The monoisotopic (exact) mass is 345 g/mol. The second-order valence-electron chi connectivity index (χ2n) is 4.74. The van der Waals surface area contributed by atoms with Gasteiger partial charge in [0.15, 0.2) is 5.11 Å². The molecular formula is C14H23N3O3S2. The van der Waals surface area contributed by atoms with Crippen LogP contribution in [0, 0.1) is 6.92 Å². The highest BCUT2D eigenvalue weighted by Gasteiger charge is 2.12. The van der Waals surface area contributed by atoms with Gasteiger partial charge in [-0.25, -0.2) is 13.1 Å². The molecule has 0 aliphatic rings. The van der Waals surface area contributed by atoms with E-state index in [0.717, 1.165) is 18.5 Å². The van der Waals surface area contributed by atoms with Gasteiger partial charge in [0.25, 0.3) is 0 Å². The molecule has 3 N–H and O–H groups in total. The van der Waals surface area contributed by atoms with Gasteiger partial charge in [-0.3, -0.25) is 0 Å². The lowest BCUT2D eigenvalue weighted by atomic mass is 10.2. The van der Waals surface area contributed by atoms with E-state index in [9.17, 15) is 8.42 Å². The molecule has 22 heavy (non-hydrogen) atoms. The van der Waals surface area contributed by atoms with E-state index in [4.69, 9.17) is 17.0 Å². The summed E-state index contributed by atoms with van der Waals surface area (Å²) in [6.07, 6.45) is 0.859. The van der Waals surface area contributed by atoms with Crippen LogP contribution in [0.2, 0.25) is 0 Å². The second kappa shape index (κ2) is 9.73. The second-order valence-corrected chi connectivity index (χ2v) is 6.92. The maximum atomic E-state index is 12.0. The summed E-state index contributed by atoms with van der Waals surface area (Å²) in [4.78, 5) is 0.262. The lowest BCUT2D eigenvalue weighted by Crippen LogP contribution is -2.40. The third-order valence-electron chi connectivity index (χ3n) is 2.84. The molecule has 1 aromatic carbocycles.